The Hall–Kier alpha value is 0.855. The zero-order valence-corrected chi connectivity index (χ0v) is 10.0. The molecule has 0 unspecified atom stereocenters. The molecule has 2 N–H and O–H groups in total. The predicted molar refractivity (Wildman–Crippen MR) is 25.7 cm³/mol. The molecule has 0 amide bonds. The molecule has 1 saturated heterocycles. The van der Waals surface area contributed by atoms with Gasteiger partial charge in [0.15, 0.2) is 0 Å². The van der Waals surface area contributed by atoms with E-state index in [9.17, 15) is 0 Å². The summed E-state index contributed by atoms with van der Waals surface area (Å²) >= 11 is 0. The Balaban J connectivity index is 0.000000360. The van der Waals surface area contributed by atoms with Crippen LogP contribution in [0.2, 0.25) is 0 Å². The molecule has 0 aromatic carbocycles. The van der Waals surface area contributed by atoms with Crippen LogP contribution in [0.15, 0.2) is 0 Å². The van der Waals surface area contributed by atoms with E-state index in [1.165, 1.54) is 0 Å². The second kappa shape index (κ2) is 5.00. The molecule has 1 heterocycles. The minimum atomic E-state index is 0. The van der Waals surface area contributed by atoms with Crippen molar-refractivity contribution < 1.29 is 27.7 Å². The second-order valence-corrected chi connectivity index (χ2v) is 1.50. The molecule has 1 fully saturated rings. The van der Waals surface area contributed by atoms with Crippen molar-refractivity contribution in [2.45, 2.75) is 0 Å². The zero-order valence-electron chi connectivity index (χ0n) is 4.54. The monoisotopic (exact) mass is 288 g/mol. The van der Waals surface area contributed by atoms with E-state index in [4.69, 9.17) is 0 Å². The van der Waals surface area contributed by atoms with Gasteiger partial charge in [-0.15, -0.1) is 0 Å². The first-order valence-electron chi connectivity index (χ1n) is 2.41. The van der Waals surface area contributed by atoms with Gasteiger partial charge in [0, 0.05) is 53.8 Å². The van der Waals surface area contributed by atoms with Crippen LogP contribution in [-0.4, -0.2) is 26.2 Å². The molecule has 0 aromatic rings. The topological polar surface area (TPSA) is 24.1 Å². The van der Waals surface area contributed by atoms with Gasteiger partial charge in [0.25, 0.3) is 0 Å². The SMILES string of the molecule is C1CNCCN1.[Hg]. The maximum Gasteiger partial charge on any atom is 0.00772 e. The molecule has 7 heavy (non-hydrogen) atoms. The van der Waals surface area contributed by atoms with Crippen LogP contribution in [0.3, 0.4) is 0 Å². The second-order valence-electron chi connectivity index (χ2n) is 1.50. The summed E-state index contributed by atoms with van der Waals surface area (Å²) < 4.78 is 0. The number of piperazine rings is 1. The number of hydrogen-bond donors (Lipinski definition) is 2. The van der Waals surface area contributed by atoms with Crippen molar-refractivity contribution in [3.05, 3.63) is 0 Å². The van der Waals surface area contributed by atoms with Gasteiger partial charge in [0.2, 0.25) is 0 Å². The van der Waals surface area contributed by atoms with Gasteiger partial charge in [-0.25, -0.2) is 0 Å². The molecule has 0 atom stereocenters. The number of nitrogens with one attached hydrogen (secondary N) is 2. The normalized spacial score (nSPS) is 20.6. The van der Waals surface area contributed by atoms with Gasteiger partial charge in [-0.05, 0) is 0 Å². The minimum Gasteiger partial charge on any atom is -0.314 e. The summed E-state index contributed by atoms with van der Waals surface area (Å²) in [5.41, 5.74) is 0. The summed E-state index contributed by atoms with van der Waals surface area (Å²) in [6.07, 6.45) is 0. The third-order valence-electron chi connectivity index (χ3n) is 0.957. The molecule has 1 rings (SSSR count). The average Bonchev–Trinajstić information content (AvgIpc) is 1.72. The van der Waals surface area contributed by atoms with Crippen molar-refractivity contribution in [1.29, 1.82) is 0 Å². The van der Waals surface area contributed by atoms with Gasteiger partial charge >= 0.3 is 0 Å². The van der Waals surface area contributed by atoms with Crippen molar-refractivity contribution in [3.8, 4) is 0 Å². The van der Waals surface area contributed by atoms with Gasteiger partial charge < -0.3 is 10.6 Å². The first-order valence-corrected chi connectivity index (χ1v) is 2.41. The molecule has 1 aliphatic heterocycles. The van der Waals surface area contributed by atoms with Gasteiger partial charge in [0.05, 0.1) is 0 Å². The third-order valence-corrected chi connectivity index (χ3v) is 0.957. The molecule has 0 aromatic heterocycles. The maximum absolute atomic E-state index is 3.22. The molecule has 2 nitrogen and oxygen atoms in total. The van der Waals surface area contributed by atoms with E-state index >= 15 is 0 Å². The molecule has 3 heteroatoms. The standard InChI is InChI=1S/C4H10N2.Hg/c1-2-6-4-3-5-1;/h5-6H,1-4H2;. The van der Waals surface area contributed by atoms with E-state index in [1.54, 1.807) is 0 Å². The smallest absolute Gasteiger partial charge is 0.00772 e. The van der Waals surface area contributed by atoms with Crippen LogP contribution in [0, 0.1) is 0 Å². The van der Waals surface area contributed by atoms with E-state index in [0.29, 0.717) is 0 Å². The Bertz CT molecular complexity index is 25.2. The largest absolute Gasteiger partial charge is 0.314 e. The fraction of sp³-hybridized carbons (Fsp3) is 1.00. The fourth-order valence-electron chi connectivity index (χ4n) is 0.604. The fourth-order valence-corrected chi connectivity index (χ4v) is 0.604. The van der Waals surface area contributed by atoms with Crippen LogP contribution < -0.4 is 10.6 Å². The molecular weight excluding hydrogens is 277 g/mol. The Morgan fingerprint density at radius 3 is 1.14 bits per heavy atom. The molecular formula is C4H10HgN2. The Labute approximate surface area is 64.6 Å². The van der Waals surface area contributed by atoms with Crippen molar-refractivity contribution in [2.75, 3.05) is 26.2 Å². The van der Waals surface area contributed by atoms with Crippen LogP contribution in [0.4, 0.5) is 0 Å². The minimum absolute atomic E-state index is 0. The van der Waals surface area contributed by atoms with Crippen molar-refractivity contribution in [3.63, 3.8) is 0 Å². The summed E-state index contributed by atoms with van der Waals surface area (Å²) in [5, 5.41) is 6.44. The van der Waals surface area contributed by atoms with Gasteiger partial charge in [-0.1, -0.05) is 0 Å². The zero-order chi connectivity index (χ0) is 4.24. The molecule has 0 bridgehead atoms. The molecule has 0 aliphatic carbocycles. The van der Waals surface area contributed by atoms with Crippen LogP contribution >= 0.6 is 0 Å². The number of hydrogen-bond acceptors (Lipinski definition) is 2. The molecule has 1 aliphatic rings. The van der Waals surface area contributed by atoms with Crippen LogP contribution in [0.5, 0.6) is 0 Å². The van der Waals surface area contributed by atoms with E-state index in [-0.39, 0.29) is 27.7 Å². The Morgan fingerprint density at radius 1 is 0.714 bits per heavy atom. The summed E-state index contributed by atoms with van der Waals surface area (Å²) in [7, 11) is 0. The van der Waals surface area contributed by atoms with Crippen LogP contribution in [0.1, 0.15) is 0 Å². The number of rotatable bonds is 0. The van der Waals surface area contributed by atoms with E-state index < -0.39 is 0 Å². The predicted octanol–water partition coefficient (Wildman–Crippen LogP) is -0.823. The summed E-state index contributed by atoms with van der Waals surface area (Å²) in [4.78, 5) is 0. The summed E-state index contributed by atoms with van der Waals surface area (Å²) in [6, 6.07) is 0. The Morgan fingerprint density at radius 2 is 1.00 bits per heavy atom. The first-order chi connectivity index (χ1) is 3.00. The van der Waals surface area contributed by atoms with Crippen LogP contribution in [0.25, 0.3) is 0 Å². The third kappa shape index (κ3) is 3.44. The summed E-state index contributed by atoms with van der Waals surface area (Å²) in [6.45, 7) is 4.56. The quantitative estimate of drug-likeness (QED) is 0.569. The van der Waals surface area contributed by atoms with Crippen molar-refractivity contribution in [2.24, 2.45) is 0 Å². The van der Waals surface area contributed by atoms with E-state index in [2.05, 4.69) is 10.6 Å². The molecule has 0 spiro atoms. The average molecular weight is 287 g/mol. The molecule has 38 valence electrons. The van der Waals surface area contributed by atoms with E-state index in [1.807, 2.05) is 0 Å². The van der Waals surface area contributed by atoms with Gasteiger partial charge in [0.1, 0.15) is 0 Å². The van der Waals surface area contributed by atoms with Gasteiger partial charge in [-0.3, -0.25) is 0 Å². The van der Waals surface area contributed by atoms with Gasteiger partial charge in [-0.2, -0.15) is 0 Å². The Kier molecular flexibility index (Phi) is 5.61. The first kappa shape index (κ1) is 7.86. The van der Waals surface area contributed by atoms with Crippen molar-refractivity contribution in [1.82, 2.24) is 10.6 Å². The molecule has 0 saturated carbocycles. The van der Waals surface area contributed by atoms with Crippen molar-refractivity contribution >= 4 is 0 Å². The molecule has 0 radical (unpaired) electrons. The van der Waals surface area contributed by atoms with Crippen LogP contribution in [-0.2, 0) is 27.7 Å². The maximum atomic E-state index is 3.22. The summed E-state index contributed by atoms with van der Waals surface area (Å²) in [5.74, 6) is 0. The van der Waals surface area contributed by atoms with E-state index in [0.717, 1.165) is 26.2 Å².